The molecule has 1 fully saturated rings. The zero-order valence-electron chi connectivity index (χ0n) is 12.2. The van der Waals surface area contributed by atoms with E-state index in [1.165, 1.54) is 5.56 Å². The van der Waals surface area contributed by atoms with Gasteiger partial charge in [0.15, 0.2) is 0 Å². The van der Waals surface area contributed by atoms with E-state index in [0.717, 1.165) is 37.6 Å². The van der Waals surface area contributed by atoms with Gasteiger partial charge in [0.1, 0.15) is 5.75 Å². The lowest BCUT2D eigenvalue weighted by Gasteiger charge is -2.19. The van der Waals surface area contributed by atoms with Crippen LogP contribution in [-0.2, 0) is 11.3 Å². The lowest BCUT2D eigenvalue weighted by atomic mass is 9.97. The molecule has 21 heavy (non-hydrogen) atoms. The molecular formula is C16H21N3O2. The number of rotatable bonds is 5. The lowest BCUT2D eigenvalue weighted by molar-refractivity contribution is 0.180. The molecule has 0 saturated carbocycles. The predicted octanol–water partition coefficient (Wildman–Crippen LogP) is 1.98. The molecular weight excluding hydrogens is 266 g/mol. The maximum Gasteiger partial charge on any atom is 0.118 e. The van der Waals surface area contributed by atoms with Gasteiger partial charge in [0.05, 0.1) is 31.8 Å². The molecule has 0 bridgehead atoms. The summed E-state index contributed by atoms with van der Waals surface area (Å²) in [5, 5.41) is 0. The van der Waals surface area contributed by atoms with Crippen LogP contribution in [0.15, 0.2) is 36.8 Å². The van der Waals surface area contributed by atoms with Crippen LogP contribution in [0.4, 0.5) is 0 Å². The molecule has 3 rings (SSSR count). The van der Waals surface area contributed by atoms with Crippen LogP contribution in [-0.4, -0.2) is 29.9 Å². The summed E-state index contributed by atoms with van der Waals surface area (Å²) in [6.07, 6.45) is 4.73. The zero-order chi connectivity index (χ0) is 14.7. The van der Waals surface area contributed by atoms with Crippen LogP contribution in [0.25, 0.3) is 0 Å². The molecule has 0 aliphatic carbocycles. The van der Waals surface area contributed by atoms with Crippen LogP contribution >= 0.6 is 0 Å². The first kappa shape index (κ1) is 14.1. The van der Waals surface area contributed by atoms with E-state index < -0.39 is 0 Å². The summed E-state index contributed by atoms with van der Waals surface area (Å²) < 4.78 is 12.7. The topological polar surface area (TPSA) is 62.3 Å². The van der Waals surface area contributed by atoms with Gasteiger partial charge in [0.2, 0.25) is 0 Å². The Hall–Kier alpha value is -1.85. The van der Waals surface area contributed by atoms with Crippen molar-refractivity contribution in [1.82, 2.24) is 9.55 Å². The first-order chi connectivity index (χ1) is 10.3. The van der Waals surface area contributed by atoms with Crippen LogP contribution in [0.5, 0.6) is 5.75 Å². The molecule has 2 aromatic rings. The van der Waals surface area contributed by atoms with Crippen molar-refractivity contribution in [3.63, 3.8) is 0 Å². The zero-order valence-corrected chi connectivity index (χ0v) is 12.2. The Kier molecular flexibility index (Phi) is 4.22. The number of hydrogen-bond acceptors (Lipinski definition) is 4. The molecule has 0 spiro atoms. The predicted molar refractivity (Wildman–Crippen MR) is 80.2 cm³/mol. The van der Waals surface area contributed by atoms with Gasteiger partial charge in [-0.3, -0.25) is 0 Å². The number of benzene rings is 1. The monoisotopic (exact) mass is 287 g/mol. The van der Waals surface area contributed by atoms with Gasteiger partial charge in [-0.2, -0.15) is 0 Å². The largest absolute Gasteiger partial charge is 0.497 e. The number of methoxy groups -OCH3 is 1. The molecule has 1 aliphatic rings. The first-order valence-electron chi connectivity index (χ1n) is 7.24. The van der Waals surface area contributed by atoms with Crippen molar-refractivity contribution in [3.8, 4) is 5.75 Å². The Morgan fingerprint density at radius 3 is 2.90 bits per heavy atom. The van der Waals surface area contributed by atoms with Gasteiger partial charge in [0, 0.05) is 25.3 Å². The van der Waals surface area contributed by atoms with Crippen molar-refractivity contribution in [2.24, 2.45) is 11.7 Å². The van der Waals surface area contributed by atoms with Crippen molar-refractivity contribution in [3.05, 3.63) is 48.0 Å². The molecule has 1 aliphatic heterocycles. The molecule has 5 heteroatoms. The third kappa shape index (κ3) is 3.09. The summed E-state index contributed by atoms with van der Waals surface area (Å²) in [6, 6.07) is 8.04. The quantitative estimate of drug-likeness (QED) is 0.913. The van der Waals surface area contributed by atoms with E-state index in [4.69, 9.17) is 15.2 Å². The Balaban J connectivity index is 1.75. The van der Waals surface area contributed by atoms with Gasteiger partial charge >= 0.3 is 0 Å². The summed E-state index contributed by atoms with van der Waals surface area (Å²) in [6.45, 7) is 2.32. The van der Waals surface area contributed by atoms with E-state index in [1.807, 2.05) is 24.7 Å². The normalized spacial score (nSPS) is 19.6. The highest BCUT2D eigenvalue weighted by molar-refractivity contribution is 5.27. The van der Waals surface area contributed by atoms with Crippen molar-refractivity contribution < 1.29 is 9.47 Å². The molecule has 2 unspecified atom stereocenters. The van der Waals surface area contributed by atoms with Crippen LogP contribution in [0.2, 0.25) is 0 Å². The van der Waals surface area contributed by atoms with E-state index in [1.54, 1.807) is 7.11 Å². The van der Waals surface area contributed by atoms with E-state index in [-0.39, 0.29) is 6.04 Å². The number of hydrogen-bond donors (Lipinski definition) is 1. The highest BCUT2D eigenvalue weighted by Gasteiger charge is 2.26. The fourth-order valence-electron chi connectivity index (χ4n) is 2.75. The molecule has 0 amide bonds. The van der Waals surface area contributed by atoms with Crippen LogP contribution in [0.3, 0.4) is 0 Å². The number of aromatic nitrogens is 2. The van der Waals surface area contributed by atoms with Crippen molar-refractivity contribution in [2.45, 2.75) is 19.0 Å². The molecule has 0 radical (unpaired) electrons. The van der Waals surface area contributed by atoms with Crippen LogP contribution in [0.1, 0.15) is 23.7 Å². The highest BCUT2D eigenvalue weighted by atomic mass is 16.5. The second-order valence-electron chi connectivity index (χ2n) is 5.44. The SMILES string of the molecule is COc1ccc(Cn2cncc2C(N)C2CCOC2)cc1. The number of nitrogens with two attached hydrogens (primary N) is 1. The molecule has 2 heterocycles. The minimum absolute atomic E-state index is 0.0201. The first-order valence-corrected chi connectivity index (χ1v) is 7.24. The number of ether oxygens (including phenoxy) is 2. The van der Waals surface area contributed by atoms with Crippen molar-refractivity contribution >= 4 is 0 Å². The third-order valence-corrected chi connectivity index (χ3v) is 4.07. The molecule has 5 nitrogen and oxygen atoms in total. The van der Waals surface area contributed by atoms with Crippen molar-refractivity contribution in [1.29, 1.82) is 0 Å². The lowest BCUT2D eigenvalue weighted by Crippen LogP contribution is -2.24. The minimum Gasteiger partial charge on any atom is -0.497 e. The van der Waals surface area contributed by atoms with Gasteiger partial charge < -0.3 is 19.8 Å². The van der Waals surface area contributed by atoms with Crippen molar-refractivity contribution in [2.75, 3.05) is 20.3 Å². The second kappa shape index (κ2) is 6.28. The highest BCUT2D eigenvalue weighted by Crippen LogP contribution is 2.27. The smallest absolute Gasteiger partial charge is 0.118 e. The Morgan fingerprint density at radius 2 is 2.24 bits per heavy atom. The number of nitrogens with zero attached hydrogens (tertiary/aromatic N) is 2. The van der Waals surface area contributed by atoms with Gasteiger partial charge in [-0.15, -0.1) is 0 Å². The maximum atomic E-state index is 6.38. The average Bonchev–Trinajstić information content (AvgIpc) is 3.19. The summed E-state index contributed by atoms with van der Waals surface area (Å²) in [4.78, 5) is 4.26. The number of imidazole rings is 1. The maximum absolute atomic E-state index is 6.38. The summed E-state index contributed by atoms with van der Waals surface area (Å²) in [5.74, 6) is 1.25. The van der Waals surface area contributed by atoms with E-state index in [0.29, 0.717) is 5.92 Å². The average molecular weight is 287 g/mol. The summed E-state index contributed by atoms with van der Waals surface area (Å²) >= 11 is 0. The summed E-state index contributed by atoms with van der Waals surface area (Å²) in [7, 11) is 1.67. The molecule has 112 valence electrons. The van der Waals surface area contributed by atoms with Gasteiger partial charge in [-0.1, -0.05) is 12.1 Å². The fourth-order valence-corrected chi connectivity index (χ4v) is 2.75. The fraction of sp³-hybridized carbons (Fsp3) is 0.438. The standard InChI is InChI=1S/C16H21N3O2/c1-20-14-4-2-12(3-5-14)9-19-11-18-8-15(19)16(17)13-6-7-21-10-13/h2-5,8,11,13,16H,6-7,9-10,17H2,1H3. The second-order valence-corrected chi connectivity index (χ2v) is 5.44. The van der Waals surface area contributed by atoms with Crippen LogP contribution in [0, 0.1) is 5.92 Å². The molecule has 2 N–H and O–H groups in total. The molecule has 1 aromatic heterocycles. The molecule has 2 atom stereocenters. The van der Waals surface area contributed by atoms with E-state index >= 15 is 0 Å². The Morgan fingerprint density at radius 1 is 1.43 bits per heavy atom. The Bertz CT molecular complexity index is 573. The van der Waals surface area contributed by atoms with Crippen LogP contribution < -0.4 is 10.5 Å². The summed E-state index contributed by atoms with van der Waals surface area (Å²) in [5.41, 5.74) is 8.65. The molecule has 1 aromatic carbocycles. The minimum atomic E-state index is -0.0201. The van der Waals surface area contributed by atoms with Gasteiger partial charge in [-0.25, -0.2) is 4.98 Å². The third-order valence-electron chi connectivity index (χ3n) is 4.07. The van der Waals surface area contributed by atoms with E-state index in [2.05, 4.69) is 21.7 Å². The Labute approximate surface area is 124 Å². The van der Waals surface area contributed by atoms with Gasteiger partial charge in [0.25, 0.3) is 0 Å². The van der Waals surface area contributed by atoms with E-state index in [9.17, 15) is 0 Å². The molecule has 1 saturated heterocycles. The van der Waals surface area contributed by atoms with Gasteiger partial charge in [-0.05, 0) is 24.1 Å².